The van der Waals surface area contributed by atoms with Crippen LogP contribution in [-0.4, -0.2) is 128 Å². The summed E-state index contributed by atoms with van der Waals surface area (Å²) in [6, 6.07) is 15.5. The zero-order valence-corrected chi connectivity index (χ0v) is 34.2. The number of piperazine rings is 1. The lowest BCUT2D eigenvalue weighted by molar-refractivity contribution is -0.156. The van der Waals surface area contributed by atoms with E-state index in [-0.39, 0.29) is 73.8 Å². The molecule has 22 heteroatoms. The van der Waals surface area contributed by atoms with Gasteiger partial charge in [-0.1, -0.05) is 12.1 Å². The van der Waals surface area contributed by atoms with Gasteiger partial charge in [-0.25, -0.2) is 19.4 Å². The number of ether oxygens (including phenoxy) is 3. The van der Waals surface area contributed by atoms with Crippen LogP contribution in [0.5, 0.6) is 5.75 Å². The molecule has 2 atom stereocenters. The maximum absolute atomic E-state index is 14.5. The first-order valence-electron chi connectivity index (χ1n) is 18.3. The van der Waals surface area contributed by atoms with Gasteiger partial charge in [0.05, 0.1) is 32.7 Å². The molecule has 4 rings (SSSR count). The number of aliphatic carboxylic acids is 1. The van der Waals surface area contributed by atoms with Crippen LogP contribution >= 0.6 is 12.4 Å². The average Bonchev–Trinajstić information content (AvgIpc) is 3.23. The molecule has 0 aliphatic carbocycles. The summed E-state index contributed by atoms with van der Waals surface area (Å²) in [7, 11) is 3.74. The topological polar surface area (TPSA) is 304 Å². The van der Waals surface area contributed by atoms with Gasteiger partial charge < -0.3 is 51.2 Å². The number of benzene rings is 3. The van der Waals surface area contributed by atoms with Crippen molar-refractivity contribution in [3.63, 3.8) is 0 Å². The molecule has 61 heavy (non-hydrogen) atoms. The molecule has 3 aromatic carbocycles. The van der Waals surface area contributed by atoms with Crippen LogP contribution in [-0.2, 0) is 30.3 Å². The van der Waals surface area contributed by atoms with E-state index in [2.05, 4.69) is 20.1 Å². The molecule has 0 saturated carbocycles. The van der Waals surface area contributed by atoms with Crippen molar-refractivity contribution in [2.24, 2.45) is 11.5 Å². The van der Waals surface area contributed by atoms with Crippen molar-refractivity contribution in [1.29, 1.82) is 10.8 Å². The molecular weight excluding hydrogens is 820 g/mol. The number of nitrogens with one attached hydrogen (secondary N) is 4. The molecule has 1 saturated heterocycles. The Morgan fingerprint density at radius 1 is 0.803 bits per heavy atom. The zero-order chi connectivity index (χ0) is 44.1. The van der Waals surface area contributed by atoms with Gasteiger partial charge in [-0.2, -0.15) is 0 Å². The van der Waals surface area contributed by atoms with Crippen LogP contribution < -0.4 is 36.6 Å². The lowest BCUT2D eigenvalue weighted by atomic mass is 9.99. The maximum Gasteiger partial charge on any atom is 0.421 e. The minimum absolute atomic E-state index is 0. The summed E-state index contributed by atoms with van der Waals surface area (Å²) in [5.74, 6) is -4.31. The van der Waals surface area contributed by atoms with Crippen molar-refractivity contribution in [2.45, 2.75) is 31.3 Å². The lowest BCUT2D eigenvalue weighted by Crippen LogP contribution is -2.63. The molecule has 1 fully saturated rings. The second-order valence-corrected chi connectivity index (χ2v) is 13.2. The molecule has 326 valence electrons. The number of carboxylic acids is 1. The maximum atomic E-state index is 14.5. The molecule has 6 amide bonds. The Morgan fingerprint density at radius 3 is 1.77 bits per heavy atom. The molecule has 1 heterocycles. The summed E-state index contributed by atoms with van der Waals surface area (Å²) >= 11 is 0. The number of halogens is 1. The van der Waals surface area contributed by atoms with Crippen LogP contribution in [0.25, 0.3) is 0 Å². The van der Waals surface area contributed by atoms with Crippen LogP contribution in [0.1, 0.15) is 39.1 Å². The fourth-order valence-corrected chi connectivity index (χ4v) is 6.33. The third-order valence-electron chi connectivity index (χ3n) is 9.31. The summed E-state index contributed by atoms with van der Waals surface area (Å²) in [6.07, 6.45) is -1.64. The van der Waals surface area contributed by atoms with E-state index in [1.165, 1.54) is 60.5 Å². The smallest absolute Gasteiger partial charge is 0.421 e. The van der Waals surface area contributed by atoms with Gasteiger partial charge in [0.1, 0.15) is 24.4 Å². The van der Waals surface area contributed by atoms with Crippen LogP contribution in [0, 0.1) is 10.8 Å². The Hall–Kier alpha value is -7.42. The Balaban J connectivity index is 0.00000992. The monoisotopic (exact) mass is 866 g/mol. The number of anilines is 2. The summed E-state index contributed by atoms with van der Waals surface area (Å²) in [6.45, 7) is -0.691. The molecule has 0 spiro atoms. The predicted octanol–water partition coefficient (Wildman–Crippen LogP) is 1.72. The number of hydrogen-bond donors (Lipinski definition) is 7. The van der Waals surface area contributed by atoms with Crippen LogP contribution in [0.2, 0.25) is 0 Å². The van der Waals surface area contributed by atoms with Gasteiger partial charge in [0, 0.05) is 37.2 Å². The van der Waals surface area contributed by atoms with Crippen molar-refractivity contribution >= 4 is 77.5 Å². The molecule has 0 aromatic heterocycles. The highest BCUT2D eigenvalue weighted by atomic mass is 35.5. The quantitative estimate of drug-likeness (QED) is 0.0651. The van der Waals surface area contributed by atoms with Crippen LogP contribution in [0.15, 0.2) is 72.8 Å². The molecule has 3 aromatic rings. The highest BCUT2D eigenvalue weighted by molar-refractivity contribution is 6.13. The largest absolute Gasteiger partial charge is 0.497 e. The fraction of sp³-hybridized carbons (Fsp3) is 0.308. The van der Waals surface area contributed by atoms with E-state index < -0.39 is 72.3 Å². The molecule has 9 N–H and O–H groups in total. The highest BCUT2D eigenvalue weighted by Crippen LogP contribution is 2.22. The number of hydrogen-bond acceptors (Lipinski definition) is 12. The third kappa shape index (κ3) is 12.3. The molecule has 0 radical (unpaired) electrons. The van der Waals surface area contributed by atoms with Gasteiger partial charge in [0.25, 0.3) is 11.8 Å². The van der Waals surface area contributed by atoms with E-state index in [0.717, 1.165) is 28.9 Å². The van der Waals surface area contributed by atoms with Crippen LogP contribution in [0.4, 0.5) is 21.0 Å². The van der Waals surface area contributed by atoms with Gasteiger partial charge in [0.15, 0.2) is 0 Å². The highest BCUT2D eigenvalue weighted by Gasteiger charge is 2.40. The van der Waals surface area contributed by atoms with Crippen molar-refractivity contribution in [3.05, 3.63) is 89.5 Å². The first-order chi connectivity index (χ1) is 28.6. The number of amides is 6. The summed E-state index contributed by atoms with van der Waals surface area (Å²) in [5.41, 5.74) is 12.3. The summed E-state index contributed by atoms with van der Waals surface area (Å²) in [4.78, 5) is 94.8. The fourth-order valence-electron chi connectivity index (χ4n) is 6.33. The number of nitrogens with two attached hydrogens (primary N) is 2. The Labute approximate surface area is 356 Å². The first kappa shape index (κ1) is 48.0. The minimum atomic E-state index is -1.24. The number of carboxylic acid groups (broad SMARTS) is 1. The number of carbonyl (C=O) groups is 7. The minimum Gasteiger partial charge on any atom is -0.497 e. The van der Waals surface area contributed by atoms with Gasteiger partial charge in [-0.15, -0.1) is 12.4 Å². The molecule has 21 nitrogen and oxygen atoms in total. The summed E-state index contributed by atoms with van der Waals surface area (Å²) in [5, 5.41) is 30.4. The van der Waals surface area contributed by atoms with Crippen LogP contribution in [0.3, 0.4) is 0 Å². The number of carbonyl (C=O) groups excluding carboxylic acids is 6. The van der Waals surface area contributed by atoms with Crippen molar-refractivity contribution in [3.8, 4) is 5.75 Å². The molecule has 1 aliphatic heterocycles. The Kier molecular flexibility index (Phi) is 17.4. The molecular formula is C39H47ClN10O11. The second kappa shape index (κ2) is 22.1. The van der Waals surface area contributed by atoms with Crippen molar-refractivity contribution in [2.75, 3.05) is 57.3 Å². The third-order valence-corrected chi connectivity index (χ3v) is 9.31. The van der Waals surface area contributed by atoms with E-state index in [9.17, 15) is 38.7 Å². The standard InChI is InChI=1S/C39H46N10O11.ClH/c1-58-28-16-6-23(7-17-28)21-29(45-33(53)25-10-14-27(15-11-25)49(37(42)43)39(57)60-3)34(54)47-20-19-46(22-31(50)51)35(55)30(47)5-4-18-44-32(52)24-8-12-26(13-9-24)48(36(40)41)38(56)59-2;/h6-17,29-30H,4-5,18-22H2,1-3H3,(H3,40,41)(H3,42,43)(H,44,52)(H,45,53)(H,50,51);1H/t29?,30-;/m0./s1. The number of methoxy groups -OCH3 is 3. The first-order valence-corrected chi connectivity index (χ1v) is 18.3. The molecule has 1 aliphatic rings. The number of rotatable bonds is 15. The Morgan fingerprint density at radius 2 is 1.31 bits per heavy atom. The normalized spacial score (nSPS) is 13.7. The number of nitrogens with zero attached hydrogens (tertiary/aromatic N) is 4. The van der Waals surface area contributed by atoms with E-state index in [1.807, 2.05) is 0 Å². The van der Waals surface area contributed by atoms with Gasteiger partial charge in [-0.05, 0) is 79.1 Å². The Bertz CT molecular complexity index is 2100. The zero-order valence-electron chi connectivity index (χ0n) is 33.4. The van der Waals surface area contributed by atoms with Crippen molar-refractivity contribution < 1.29 is 52.9 Å². The SMILES string of the molecule is COC(=O)N(C(=N)N)c1ccc(C(=O)NCCC[C@H]2C(=O)N(CC(=O)O)CCN2C(=O)C(Cc2ccc(OC)cc2)NC(=O)c2ccc(N(C(=N)N)C(=O)OC)cc2)cc1.Cl. The van der Waals surface area contributed by atoms with Crippen molar-refractivity contribution in [1.82, 2.24) is 20.4 Å². The van der Waals surface area contributed by atoms with Gasteiger partial charge in [-0.3, -0.25) is 34.8 Å². The number of guanidine groups is 2. The van der Waals surface area contributed by atoms with Gasteiger partial charge >= 0.3 is 18.2 Å². The predicted molar refractivity (Wildman–Crippen MR) is 223 cm³/mol. The van der Waals surface area contributed by atoms with E-state index in [1.54, 1.807) is 24.3 Å². The van der Waals surface area contributed by atoms with E-state index in [4.69, 9.17) is 27.0 Å². The molecule has 0 bridgehead atoms. The van der Waals surface area contributed by atoms with E-state index in [0.29, 0.717) is 11.3 Å². The lowest BCUT2D eigenvalue weighted by Gasteiger charge is -2.41. The molecule has 1 unspecified atom stereocenters. The van der Waals surface area contributed by atoms with Gasteiger partial charge in [0.2, 0.25) is 23.7 Å². The second-order valence-electron chi connectivity index (χ2n) is 13.2. The summed E-state index contributed by atoms with van der Waals surface area (Å²) < 4.78 is 14.6. The average molecular weight is 867 g/mol. The van der Waals surface area contributed by atoms with E-state index >= 15 is 0 Å².